The van der Waals surface area contributed by atoms with Crippen molar-refractivity contribution in [3.8, 4) is 5.75 Å². The molecular formula is C23H25N3O2. The molecule has 1 aromatic heterocycles. The lowest BCUT2D eigenvalue weighted by Gasteiger charge is -2.11. The van der Waals surface area contributed by atoms with Crippen LogP contribution in [-0.2, 0) is 6.42 Å². The molecule has 0 unspecified atom stereocenters. The molecule has 144 valence electrons. The Morgan fingerprint density at radius 1 is 1.07 bits per heavy atom. The monoisotopic (exact) mass is 375 g/mol. The van der Waals surface area contributed by atoms with Crippen molar-refractivity contribution in [3.63, 3.8) is 0 Å². The molecule has 0 spiro atoms. The second kappa shape index (κ2) is 9.04. The number of carbonyl (C=O) groups is 1. The molecule has 0 fully saturated rings. The number of hydrogen-bond donors (Lipinski definition) is 2. The summed E-state index contributed by atoms with van der Waals surface area (Å²) in [5, 5.41) is 6.26. The van der Waals surface area contributed by atoms with Crippen molar-refractivity contribution in [2.75, 3.05) is 19.0 Å². The van der Waals surface area contributed by atoms with Gasteiger partial charge in [-0.15, -0.1) is 0 Å². The van der Waals surface area contributed by atoms with Crippen LogP contribution >= 0.6 is 0 Å². The highest BCUT2D eigenvalue weighted by Crippen LogP contribution is 2.22. The lowest BCUT2D eigenvalue weighted by molar-refractivity contribution is 0.0949. The molecule has 1 heterocycles. The Labute approximate surface area is 165 Å². The van der Waals surface area contributed by atoms with Crippen LogP contribution in [-0.4, -0.2) is 24.5 Å². The highest BCUT2D eigenvalue weighted by atomic mass is 16.5. The number of hydrogen-bond acceptors (Lipinski definition) is 4. The maximum absolute atomic E-state index is 12.3. The molecule has 0 aliphatic carbocycles. The van der Waals surface area contributed by atoms with Crippen LogP contribution in [0.3, 0.4) is 0 Å². The van der Waals surface area contributed by atoms with E-state index in [2.05, 4.69) is 35.5 Å². The second-order valence-electron chi connectivity index (χ2n) is 6.66. The highest BCUT2D eigenvalue weighted by molar-refractivity contribution is 5.92. The third kappa shape index (κ3) is 4.88. The molecule has 3 rings (SSSR count). The molecule has 5 nitrogen and oxygen atoms in total. The number of aryl methyl sites for hydroxylation is 1. The van der Waals surface area contributed by atoms with Gasteiger partial charge in [0.2, 0.25) is 0 Å². The summed E-state index contributed by atoms with van der Waals surface area (Å²) in [5.41, 5.74) is 5.82. The predicted octanol–water partition coefficient (Wildman–Crippen LogP) is 4.42. The van der Waals surface area contributed by atoms with Gasteiger partial charge in [0.15, 0.2) is 0 Å². The Balaban J connectivity index is 1.55. The van der Waals surface area contributed by atoms with Crippen LogP contribution in [0.5, 0.6) is 5.75 Å². The lowest BCUT2D eigenvalue weighted by Crippen LogP contribution is -2.26. The van der Waals surface area contributed by atoms with Gasteiger partial charge in [0, 0.05) is 12.2 Å². The van der Waals surface area contributed by atoms with Crippen molar-refractivity contribution in [3.05, 3.63) is 83.2 Å². The van der Waals surface area contributed by atoms with Gasteiger partial charge in [-0.05, 0) is 67.3 Å². The Morgan fingerprint density at radius 2 is 1.89 bits per heavy atom. The van der Waals surface area contributed by atoms with Gasteiger partial charge in [-0.1, -0.05) is 24.3 Å². The molecule has 3 aromatic rings. The molecular weight excluding hydrogens is 350 g/mol. The summed E-state index contributed by atoms with van der Waals surface area (Å²) < 4.78 is 5.22. The van der Waals surface area contributed by atoms with Gasteiger partial charge in [0.1, 0.15) is 11.4 Å². The first-order valence-electron chi connectivity index (χ1n) is 9.27. The fourth-order valence-corrected chi connectivity index (χ4v) is 2.88. The normalized spacial score (nSPS) is 10.4. The van der Waals surface area contributed by atoms with Crippen LogP contribution in [0.15, 0.2) is 60.8 Å². The standard InChI is InChI=1S/C23H25N3O2/c1-16-6-4-9-21(17(16)2)26-19-10-11-22(25-15-19)23(27)24-13-12-18-7-5-8-20(14-18)28-3/h4-11,14-15,26H,12-13H2,1-3H3,(H,24,27). The van der Waals surface area contributed by atoms with E-state index < -0.39 is 0 Å². The highest BCUT2D eigenvalue weighted by Gasteiger charge is 2.08. The van der Waals surface area contributed by atoms with Crippen molar-refractivity contribution >= 4 is 17.3 Å². The van der Waals surface area contributed by atoms with Crippen molar-refractivity contribution < 1.29 is 9.53 Å². The molecule has 0 bridgehead atoms. The van der Waals surface area contributed by atoms with E-state index in [0.29, 0.717) is 12.2 Å². The Bertz CT molecular complexity index is 952. The largest absolute Gasteiger partial charge is 0.497 e. The quantitative estimate of drug-likeness (QED) is 0.641. The zero-order valence-corrected chi connectivity index (χ0v) is 16.5. The third-order valence-electron chi connectivity index (χ3n) is 4.71. The minimum absolute atomic E-state index is 0.179. The van der Waals surface area contributed by atoms with Gasteiger partial charge in [-0.25, -0.2) is 4.98 Å². The number of rotatable bonds is 7. The Morgan fingerprint density at radius 3 is 2.64 bits per heavy atom. The van der Waals surface area contributed by atoms with Crippen molar-refractivity contribution in [1.82, 2.24) is 10.3 Å². The van der Waals surface area contributed by atoms with Gasteiger partial charge in [0.25, 0.3) is 5.91 Å². The maximum atomic E-state index is 12.3. The second-order valence-corrected chi connectivity index (χ2v) is 6.66. The molecule has 1 amide bonds. The molecule has 2 aromatic carbocycles. The average molecular weight is 375 g/mol. The van der Waals surface area contributed by atoms with E-state index >= 15 is 0 Å². The molecule has 5 heteroatoms. The summed E-state index contributed by atoms with van der Waals surface area (Å²) in [5.74, 6) is 0.638. The predicted molar refractivity (Wildman–Crippen MR) is 112 cm³/mol. The molecule has 0 aliphatic rings. The molecule has 0 atom stereocenters. The van der Waals surface area contributed by atoms with E-state index in [0.717, 1.165) is 29.1 Å². The number of nitrogens with one attached hydrogen (secondary N) is 2. The summed E-state index contributed by atoms with van der Waals surface area (Å²) in [6.07, 6.45) is 2.41. The number of nitrogens with zero attached hydrogens (tertiary/aromatic N) is 1. The van der Waals surface area contributed by atoms with Crippen LogP contribution in [0.2, 0.25) is 0 Å². The number of amides is 1. The summed E-state index contributed by atoms with van der Waals surface area (Å²) in [7, 11) is 1.64. The molecule has 0 saturated carbocycles. The van der Waals surface area contributed by atoms with Gasteiger partial charge in [0.05, 0.1) is 19.0 Å². The zero-order chi connectivity index (χ0) is 19.9. The fourth-order valence-electron chi connectivity index (χ4n) is 2.88. The first-order chi connectivity index (χ1) is 13.6. The van der Waals surface area contributed by atoms with E-state index in [1.165, 1.54) is 11.1 Å². The van der Waals surface area contributed by atoms with Crippen LogP contribution in [0.1, 0.15) is 27.2 Å². The van der Waals surface area contributed by atoms with Gasteiger partial charge >= 0.3 is 0 Å². The van der Waals surface area contributed by atoms with Crippen LogP contribution in [0, 0.1) is 13.8 Å². The number of benzene rings is 2. The molecule has 28 heavy (non-hydrogen) atoms. The van der Waals surface area contributed by atoms with Crippen LogP contribution < -0.4 is 15.4 Å². The molecule has 0 saturated heterocycles. The van der Waals surface area contributed by atoms with E-state index in [1.54, 1.807) is 19.4 Å². The summed E-state index contributed by atoms with van der Waals surface area (Å²) >= 11 is 0. The van der Waals surface area contributed by atoms with E-state index in [1.807, 2.05) is 42.5 Å². The summed E-state index contributed by atoms with van der Waals surface area (Å²) in [6, 6.07) is 17.6. The number of pyridine rings is 1. The van der Waals surface area contributed by atoms with E-state index in [9.17, 15) is 4.79 Å². The number of ether oxygens (including phenoxy) is 1. The van der Waals surface area contributed by atoms with Gasteiger partial charge < -0.3 is 15.4 Å². The van der Waals surface area contributed by atoms with Crippen LogP contribution in [0.4, 0.5) is 11.4 Å². The van der Waals surface area contributed by atoms with Gasteiger partial charge in [-0.3, -0.25) is 4.79 Å². The average Bonchev–Trinajstić information content (AvgIpc) is 2.72. The van der Waals surface area contributed by atoms with Crippen molar-refractivity contribution in [1.29, 1.82) is 0 Å². The lowest BCUT2D eigenvalue weighted by atomic mass is 10.1. The minimum atomic E-state index is -0.179. The smallest absolute Gasteiger partial charge is 0.269 e. The molecule has 2 N–H and O–H groups in total. The number of carbonyl (C=O) groups excluding carboxylic acids is 1. The maximum Gasteiger partial charge on any atom is 0.269 e. The molecule has 0 radical (unpaired) electrons. The first kappa shape index (κ1) is 19.4. The van der Waals surface area contributed by atoms with Crippen molar-refractivity contribution in [2.45, 2.75) is 20.3 Å². The van der Waals surface area contributed by atoms with Gasteiger partial charge in [-0.2, -0.15) is 0 Å². The minimum Gasteiger partial charge on any atom is -0.497 e. The zero-order valence-electron chi connectivity index (χ0n) is 16.5. The van der Waals surface area contributed by atoms with E-state index in [-0.39, 0.29) is 5.91 Å². The topological polar surface area (TPSA) is 63.2 Å². The van der Waals surface area contributed by atoms with E-state index in [4.69, 9.17) is 4.74 Å². The summed E-state index contributed by atoms with van der Waals surface area (Å²) in [6.45, 7) is 4.70. The Hall–Kier alpha value is -3.34. The number of aromatic nitrogens is 1. The Kier molecular flexibility index (Phi) is 6.27. The fraction of sp³-hybridized carbons (Fsp3) is 0.217. The summed E-state index contributed by atoms with van der Waals surface area (Å²) in [4.78, 5) is 16.6. The molecule has 0 aliphatic heterocycles. The van der Waals surface area contributed by atoms with Crippen LogP contribution in [0.25, 0.3) is 0 Å². The first-order valence-corrected chi connectivity index (χ1v) is 9.27. The number of methoxy groups -OCH3 is 1. The van der Waals surface area contributed by atoms with Crippen molar-refractivity contribution in [2.24, 2.45) is 0 Å². The SMILES string of the molecule is COc1cccc(CCNC(=O)c2ccc(Nc3cccc(C)c3C)cn2)c1. The number of anilines is 2. The third-order valence-corrected chi connectivity index (χ3v) is 4.71.